The first kappa shape index (κ1) is 24.8. The number of hydrogen-bond acceptors (Lipinski definition) is 8. The summed E-state index contributed by atoms with van der Waals surface area (Å²) >= 11 is 0. The maximum absolute atomic E-state index is 13.2. The highest BCUT2D eigenvalue weighted by Gasteiger charge is 2.40. The van der Waals surface area contributed by atoms with Crippen molar-refractivity contribution >= 4 is 17.6 Å². The van der Waals surface area contributed by atoms with E-state index >= 15 is 0 Å². The fraction of sp³-hybridized carbons (Fsp3) is 0.500. The third-order valence-electron chi connectivity index (χ3n) is 6.11. The van der Waals surface area contributed by atoms with Crippen molar-refractivity contribution in [2.45, 2.75) is 50.2 Å². The first-order valence-electron chi connectivity index (χ1n) is 11.7. The second-order valence-corrected chi connectivity index (χ2v) is 8.63. The smallest absolute Gasteiger partial charge is 0.322 e. The van der Waals surface area contributed by atoms with E-state index < -0.39 is 12.2 Å². The van der Waals surface area contributed by atoms with Crippen molar-refractivity contribution in [3.63, 3.8) is 0 Å². The highest BCUT2D eigenvalue weighted by atomic mass is 16.5. The average molecular weight is 486 g/mol. The standard InChI is InChI=1S/C24H31N5O6/c1-33-19-4-2-16(3-5-19)28-24(32)29-12-18(30)13-34-14-22-21(29)7-6-20(35-22)10-23(31)26-11-17-8-9-25-15-27-17/h2-5,8-9,15,18,20-22,30H,6-7,10-14H2,1H3,(H,26,31)(H,28,32)/t18-,20-,21+,22-/m0/s1. The maximum atomic E-state index is 13.2. The lowest BCUT2D eigenvalue weighted by molar-refractivity contribution is -0.149. The van der Waals surface area contributed by atoms with Gasteiger partial charge in [0.2, 0.25) is 5.91 Å². The molecule has 4 rings (SSSR count). The van der Waals surface area contributed by atoms with Gasteiger partial charge in [-0.1, -0.05) is 0 Å². The van der Waals surface area contributed by atoms with Gasteiger partial charge in [0, 0.05) is 11.9 Å². The molecule has 3 heterocycles. The van der Waals surface area contributed by atoms with Gasteiger partial charge in [-0.25, -0.2) is 14.8 Å². The van der Waals surface area contributed by atoms with Crippen LogP contribution in [0.2, 0.25) is 0 Å². The first-order valence-corrected chi connectivity index (χ1v) is 11.7. The highest BCUT2D eigenvalue weighted by molar-refractivity contribution is 5.89. The number of β-amino-alcohol motifs (C(OH)–C–C–N with tert-alkyl or cyclic N) is 1. The molecule has 2 fully saturated rings. The molecular formula is C24H31N5O6. The number of hydrogen-bond donors (Lipinski definition) is 3. The molecule has 188 valence electrons. The number of carbonyl (C=O) groups is 2. The summed E-state index contributed by atoms with van der Waals surface area (Å²) < 4.78 is 17.0. The van der Waals surface area contributed by atoms with Crippen molar-refractivity contribution in [1.29, 1.82) is 0 Å². The van der Waals surface area contributed by atoms with E-state index in [0.717, 1.165) is 5.69 Å². The normalized spacial score (nSPS) is 24.5. The zero-order valence-electron chi connectivity index (χ0n) is 19.6. The van der Waals surface area contributed by atoms with E-state index in [9.17, 15) is 14.7 Å². The summed E-state index contributed by atoms with van der Waals surface area (Å²) in [6.07, 6.45) is 3.00. The number of fused-ring (bicyclic) bond motifs is 1. The van der Waals surface area contributed by atoms with Gasteiger partial charge in [0.15, 0.2) is 0 Å². The fourth-order valence-corrected chi connectivity index (χ4v) is 4.33. The largest absolute Gasteiger partial charge is 0.497 e. The maximum Gasteiger partial charge on any atom is 0.322 e. The van der Waals surface area contributed by atoms with Crippen molar-refractivity contribution in [3.05, 3.63) is 48.5 Å². The van der Waals surface area contributed by atoms with Crippen LogP contribution >= 0.6 is 0 Å². The molecule has 0 spiro atoms. The van der Waals surface area contributed by atoms with E-state index in [1.54, 1.807) is 48.5 Å². The number of ether oxygens (including phenoxy) is 3. The first-order chi connectivity index (χ1) is 17.0. The molecule has 4 atom stereocenters. The van der Waals surface area contributed by atoms with Crippen molar-refractivity contribution in [2.24, 2.45) is 0 Å². The second-order valence-electron chi connectivity index (χ2n) is 8.63. The molecule has 11 nitrogen and oxygen atoms in total. The lowest BCUT2D eigenvalue weighted by Gasteiger charge is -2.44. The van der Waals surface area contributed by atoms with Crippen LogP contribution in [0.25, 0.3) is 0 Å². The highest BCUT2D eigenvalue weighted by Crippen LogP contribution is 2.28. The second kappa shape index (κ2) is 11.9. The summed E-state index contributed by atoms with van der Waals surface area (Å²) in [6, 6.07) is 8.17. The van der Waals surface area contributed by atoms with E-state index in [1.807, 2.05) is 0 Å². The third kappa shape index (κ3) is 6.87. The van der Waals surface area contributed by atoms with Crippen molar-refractivity contribution < 1.29 is 28.9 Å². The fourth-order valence-electron chi connectivity index (χ4n) is 4.33. The topological polar surface area (TPSA) is 135 Å². The van der Waals surface area contributed by atoms with Crippen molar-refractivity contribution in [2.75, 3.05) is 32.2 Å². The van der Waals surface area contributed by atoms with Gasteiger partial charge in [0.05, 0.1) is 63.8 Å². The predicted molar refractivity (Wildman–Crippen MR) is 126 cm³/mol. The van der Waals surface area contributed by atoms with Crippen LogP contribution in [0.3, 0.4) is 0 Å². The van der Waals surface area contributed by atoms with Gasteiger partial charge < -0.3 is 34.9 Å². The van der Waals surface area contributed by atoms with Gasteiger partial charge in [-0.05, 0) is 43.2 Å². The van der Waals surface area contributed by atoms with Gasteiger partial charge in [-0.15, -0.1) is 0 Å². The number of nitrogens with one attached hydrogen (secondary N) is 2. The molecule has 0 radical (unpaired) electrons. The van der Waals surface area contributed by atoms with Gasteiger partial charge in [0.1, 0.15) is 18.2 Å². The van der Waals surface area contributed by atoms with E-state index in [2.05, 4.69) is 20.6 Å². The molecule has 2 saturated heterocycles. The molecule has 0 bridgehead atoms. The summed E-state index contributed by atoms with van der Waals surface area (Å²) in [7, 11) is 1.58. The van der Waals surface area contributed by atoms with Crippen molar-refractivity contribution in [1.82, 2.24) is 20.2 Å². The molecule has 1 aromatic carbocycles. The number of carbonyl (C=O) groups excluding carboxylic acids is 2. The molecule has 2 aliphatic heterocycles. The molecular weight excluding hydrogens is 454 g/mol. The molecule has 2 aliphatic rings. The van der Waals surface area contributed by atoms with Crippen LogP contribution in [0.4, 0.5) is 10.5 Å². The quantitative estimate of drug-likeness (QED) is 0.558. The lowest BCUT2D eigenvalue weighted by atomic mass is 9.95. The molecule has 11 heteroatoms. The van der Waals surface area contributed by atoms with Gasteiger partial charge in [-0.2, -0.15) is 0 Å². The van der Waals surface area contributed by atoms with Gasteiger partial charge in [0.25, 0.3) is 0 Å². The minimum absolute atomic E-state index is 0.100. The van der Waals surface area contributed by atoms with Crippen LogP contribution in [0.1, 0.15) is 25.0 Å². The molecule has 0 saturated carbocycles. The van der Waals surface area contributed by atoms with Crippen LogP contribution in [-0.4, -0.2) is 83.1 Å². The van der Waals surface area contributed by atoms with Crippen molar-refractivity contribution in [3.8, 4) is 5.75 Å². The Morgan fingerprint density at radius 3 is 2.77 bits per heavy atom. The van der Waals surface area contributed by atoms with E-state index in [0.29, 0.717) is 30.8 Å². The summed E-state index contributed by atoms with van der Waals surface area (Å²) in [4.78, 5) is 35.2. The summed E-state index contributed by atoms with van der Waals surface area (Å²) in [5, 5.41) is 16.1. The Balaban J connectivity index is 1.35. The SMILES string of the molecule is COc1ccc(NC(=O)N2C[C@H](O)COC[C@@H]3O[C@H](CC(=O)NCc4ccncn4)CC[C@H]32)cc1. The van der Waals surface area contributed by atoms with Gasteiger partial charge in [-0.3, -0.25) is 4.79 Å². The van der Waals surface area contributed by atoms with E-state index in [4.69, 9.17) is 14.2 Å². The van der Waals surface area contributed by atoms with E-state index in [-0.39, 0.29) is 50.3 Å². The third-order valence-corrected chi connectivity index (χ3v) is 6.11. The van der Waals surface area contributed by atoms with Crippen LogP contribution in [0, 0.1) is 0 Å². The predicted octanol–water partition coefficient (Wildman–Crippen LogP) is 1.33. The minimum atomic E-state index is -0.803. The van der Waals surface area contributed by atoms with Crippen LogP contribution < -0.4 is 15.4 Å². The Hall–Kier alpha value is -3.28. The zero-order valence-corrected chi connectivity index (χ0v) is 19.6. The number of aliphatic hydroxyl groups is 1. The molecule has 1 aromatic heterocycles. The number of methoxy groups -OCH3 is 1. The Bertz CT molecular complexity index is 976. The number of aromatic nitrogens is 2. The lowest BCUT2D eigenvalue weighted by Crippen LogP contribution is -2.58. The minimum Gasteiger partial charge on any atom is -0.497 e. The number of rotatable bonds is 6. The Kier molecular flexibility index (Phi) is 8.45. The number of benzene rings is 1. The Morgan fingerprint density at radius 2 is 2.03 bits per heavy atom. The molecule has 0 aliphatic carbocycles. The number of urea groups is 1. The summed E-state index contributed by atoms with van der Waals surface area (Å²) in [5.41, 5.74) is 1.35. The Morgan fingerprint density at radius 1 is 1.20 bits per heavy atom. The van der Waals surface area contributed by atoms with Crippen LogP contribution in [-0.2, 0) is 20.8 Å². The number of amides is 3. The van der Waals surface area contributed by atoms with Gasteiger partial charge >= 0.3 is 6.03 Å². The Labute approximate surface area is 203 Å². The van der Waals surface area contributed by atoms with E-state index in [1.165, 1.54) is 6.33 Å². The molecule has 2 aromatic rings. The molecule has 0 unspecified atom stereocenters. The monoisotopic (exact) mass is 485 g/mol. The average Bonchev–Trinajstić information content (AvgIpc) is 2.86. The zero-order chi connectivity index (χ0) is 24.6. The molecule has 3 N–H and O–H groups in total. The number of nitrogens with zero attached hydrogens (tertiary/aromatic N) is 3. The van der Waals surface area contributed by atoms with Crippen LogP contribution in [0.15, 0.2) is 42.9 Å². The van der Waals surface area contributed by atoms with Crippen LogP contribution in [0.5, 0.6) is 5.75 Å². The molecule has 3 amide bonds. The number of aliphatic hydroxyl groups excluding tert-OH is 1. The molecule has 35 heavy (non-hydrogen) atoms. The number of anilines is 1. The summed E-state index contributed by atoms with van der Waals surface area (Å²) in [6.45, 7) is 0.771. The summed E-state index contributed by atoms with van der Waals surface area (Å²) in [5.74, 6) is 0.554.